The Kier molecular flexibility index (Phi) is 4.86. The number of aromatic nitrogens is 1. The minimum Gasteiger partial charge on any atom is -0.497 e. The molecule has 1 aliphatic heterocycles. The first-order valence-electron chi connectivity index (χ1n) is 9.38. The molecule has 0 bridgehead atoms. The predicted octanol–water partition coefficient (Wildman–Crippen LogP) is 4.05. The number of pyridine rings is 1. The van der Waals surface area contributed by atoms with Crippen LogP contribution in [0.5, 0.6) is 5.75 Å². The van der Waals surface area contributed by atoms with Crippen LogP contribution in [0.1, 0.15) is 5.69 Å². The molecule has 1 saturated heterocycles. The van der Waals surface area contributed by atoms with Crippen molar-refractivity contribution in [2.24, 2.45) is 0 Å². The van der Waals surface area contributed by atoms with Crippen LogP contribution >= 0.6 is 0 Å². The van der Waals surface area contributed by atoms with E-state index in [0.717, 1.165) is 59.9 Å². The smallest absolute Gasteiger partial charge is 0.121 e. The van der Waals surface area contributed by atoms with Crippen LogP contribution in [-0.2, 0) is 0 Å². The number of likely N-dealkylation sites (N-methyl/N-ethyl adjacent to an activating group) is 1. The Morgan fingerprint density at radius 3 is 2.41 bits per heavy atom. The highest BCUT2D eigenvalue weighted by Crippen LogP contribution is 2.30. The molecular formula is C22H26N4O. The maximum absolute atomic E-state index is 5.33. The summed E-state index contributed by atoms with van der Waals surface area (Å²) in [6.45, 7) is 6.41. The second kappa shape index (κ2) is 7.45. The van der Waals surface area contributed by atoms with E-state index < -0.39 is 0 Å². The SMILES string of the molecule is COc1ccc2c(Nc3ccc(N4CCN(C)CC4)cc3)cc(C)nc2c1. The lowest BCUT2D eigenvalue weighted by atomic mass is 10.1. The summed E-state index contributed by atoms with van der Waals surface area (Å²) in [7, 11) is 3.86. The first kappa shape index (κ1) is 17.6. The van der Waals surface area contributed by atoms with Crippen LogP contribution in [0.2, 0.25) is 0 Å². The fraction of sp³-hybridized carbons (Fsp3) is 0.318. The molecule has 0 saturated carbocycles. The summed E-state index contributed by atoms with van der Waals surface area (Å²) in [5, 5.41) is 4.64. The molecule has 3 aromatic rings. The third-order valence-corrected chi connectivity index (χ3v) is 5.16. The summed E-state index contributed by atoms with van der Waals surface area (Å²) in [6, 6.07) is 16.8. The third kappa shape index (κ3) is 3.83. The largest absolute Gasteiger partial charge is 0.497 e. The van der Waals surface area contributed by atoms with Gasteiger partial charge >= 0.3 is 0 Å². The standard InChI is InChI=1S/C22H26N4O/c1-16-14-21(20-9-8-19(27-3)15-22(20)23-16)24-17-4-6-18(7-5-17)26-12-10-25(2)11-13-26/h4-9,14-15H,10-13H2,1-3H3,(H,23,24). The number of nitrogens with one attached hydrogen (secondary N) is 1. The van der Waals surface area contributed by atoms with E-state index in [1.165, 1.54) is 5.69 Å². The maximum Gasteiger partial charge on any atom is 0.121 e. The van der Waals surface area contributed by atoms with E-state index in [1.54, 1.807) is 7.11 Å². The highest BCUT2D eigenvalue weighted by molar-refractivity contribution is 5.94. The van der Waals surface area contributed by atoms with Crippen molar-refractivity contribution in [2.45, 2.75) is 6.92 Å². The van der Waals surface area contributed by atoms with E-state index in [0.29, 0.717) is 0 Å². The molecule has 0 aliphatic carbocycles. The molecule has 0 unspecified atom stereocenters. The molecule has 1 aromatic heterocycles. The van der Waals surface area contributed by atoms with Gasteiger partial charge in [0.25, 0.3) is 0 Å². The first-order chi connectivity index (χ1) is 13.1. The average molecular weight is 362 g/mol. The summed E-state index contributed by atoms with van der Waals surface area (Å²) >= 11 is 0. The van der Waals surface area contributed by atoms with E-state index in [1.807, 2.05) is 19.1 Å². The lowest BCUT2D eigenvalue weighted by Crippen LogP contribution is -2.44. The monoisotopic (exact) mass is 362 g/mol. The lowest BCUT2D eigenvalue weighted by molar-refractivity contribution is 0.313. The number of nitrogens with zero attached hydrogens (tertiary/aromatic N) is 3. The van der Waals surface area contributed by atoms with Crippen molar-refractivity contribution in [1.29, 1.82) is 0 Å². The second-order valence-corrected chi connectivity index (χ2v) is 7.16. The van der Waals surface area contributed by atoms with Gasteiger partial charge in [-0.2, -0.15) is 0 Å². The number of fused-ring (bicyclic) bond motifs is 1. The molecule has 2 heterocycles. The fourth-order valence-electron chi connectivity index (χ4n) is 3.55. The Morgan fingerprint density at radius 2 is 1.70 bits per heavy atom. The Hall–Kier alpha value is -2.79. The number of piperazine rings is 1. The summed E-state index contributed by atoms with van der Waals surface area (Å²) < 4.78 is 5.33. The molecular weight excluding hydrogens is 336 g/mol. The summed E-state index contributed by atoms with van der Waals surface area (Å²) in [6.07, 6.45) is 0. The van der Waals surface area contributed by atoms with Crippen molar-refractivity contribution in [1.82, 2.24) is 9.88 Å². The number of hydrogen-bond donors (Lipinski definition) is 1. The Labute approximate surface area is 160 Å². The van der Waals surface area contributed by atoms with Crippen LogP contribution in [0, 0.1) is 6.92 Å². The average Bonchev–Trinajstić information content (AvgIpc) is 2.68. The van der Waals surface area contributed by atoms with E-state index in [-0.39, 0.29) is 0 Å². The predicted molar refractivity (Wildman–Crippen MR) is 112 cm³/mol. The number of ether oxygens (including phenoxy) is 1. The van der Waals surface area contributed by atoms with Crippen LogP contribution in [-0.4, -0.2) is 50.2 Å². The van der Waals surface area contributed by atoms with Crippen LogP contribution in [0.15, 0.2) is 48.5 Å². The van der Waals surface area contributed by atoms with Crippen molar-refractivity contribution in [3.05, 3.63) is 54.2 Å². The van der Waals surface area contributed by atoms with Gasteiger partial charge in [0.1, 0.15) is 5.75 Å². The first-order valence-corrected chi connectivity index (χ1v) is 9.38. The number of benzene rings is 2. The molecule has 0 amide bonds. The molecule has 2 aromatic carbocycles. The summed E-state index contributed by atoms with van der Waals surface area (Å²) in [5.74, 6) is 0.822. The van der Waals surface area contributed by atoms with Crippen molar-refractivity contribution >= 4 is 28.0 Å². The topological polar surface area (TPSA) is 40.6 Å². The van der Waals surface area contributed by atoms with Gasteiger partial charge in [0.2, 0.25) is 0 Å². The molecule has 5 nitrogen and oxygen atoms in total. The van der Waals surface area contributed by atoms with Gasteiger partial charge in [-0.25, -0.2) is 0 Å². The molecule has 5 heteroatoms. The molecule has 27 heavy (non-hydrogen) atoms. The Bertz CT molecular complexity index is 931. The zero-order chi connectivity index (χ0) is 18.8. The summed E-state index contributed by atoms with van der Waals surface area (Å²) in [4.78, 5) is 9.46. The van der Waals surface area contributed by atoms with E-state index >= 15 is 0 Å². The molecule has 140 valence electrons. The molecule has 0 atom stereocenters. The zero-order valence-corrected chi connectivity index (χ0v) is 16.2. The highest BCUT2D eigenvalue weighted by Gasteiger charge is 2.14. The van der Waals surface area contributed by atoms with Gasteiger partial charge in [0.05, 0.1) is 12.6 Å². The third-order valence-electron chi connectivity index (χ3n) is 5.16. The van der Waals surface area contributed by atoms with Crippen molar-refractivity contribution in [2.75, 3.05) is 50.6 Å². The number of anilines is 3. The lowest BCUT2D eigenvalue weighted by Gasteiger charge is -2.34. The Balaban J connectivity index is 1.57. The van der Waals surface area contributed by atoms with Gasteiger partial charge in [0.15, 0.2) is 0 Å². The van der Waals surface area contributed by atoms with E-state index in [9.17, 15) is 0 Å². The normalized spacial score (nSPS) is 15.1. The van der Waals surface area contributed by atoms with Gasteiger partial charge in [-0.05, 0) is 56.4 Å². The molecule has 0 spiro atoms. The molecule has 1 aliphatic rings. The molecule has 1 fully saturated rings. The van der Waals surface area contributed by atoms with E-state index in [4.69, 9.17) is 4.74 Å². The number of aryl methyl sites for hydroxylation is 1. The van der Waals surface area contributed by atoms with Crippen LogP contribution in [0.4, 0.5) is 17.1 Å². The number of methoxy groups -OCH3 is 1. The van der Waals surface area contributed by atoms with Gasteiger partial charge in [-0.3, -0.25) is 4.98 Å². The van der Waals surface area contributed by atoms with Gasteiger partial charge in [-0.15, -0.1) is 0 Å². The zero-order valence-electron chi connectivity index (χ0n) is 16.2. The quantitative estimate of drug-likeness (QED) is 0.758. The Morgan fingerprint density at radius 1 is 0.963 bits per heavy atom. The van der Waals surface area contributed by atoms with Crippen molar-refractivity contribution in [3.8, 4) is 5.75 Å². The molecule has 1 N–H and O–H groups in total. The van der Waals surface area contributed by atoms with Gasteiger partial charge < -0.3 is 19.9 Å². The van der Waals surface area contributed by atoms with Crippen LogP contribution in [0.3, 0.4) is 0 Å². The minimum atomic E-state index is 0.822. The van der Waals surface area contributed by atoms with Crippen molar-refractivity contribution < 1.29 is 4.74 Å². The van der Waals surface area contributed by atoms with Gasteiger partial charge in [-0.1, -0.05) is 0 Å². The minimum absolute atomic E-state index is 0.822. The van der Waals surface area contributed by atoms with Crippen LogP contribution < -0.4 is 15.0 Å². The second-order valence-electron chi connectivity index (χ2n) is 7.16. The number of hydrogen-bond acceptors (Lipinski definition) is 5. The molecule has 4 rings (SSSR count). The van der Waals surface area contributed by atoms with Crippen molar-refractivity contribution in [3.63, 3.8) is 0 Å². The maximum atomic E-state index is 5.33. The van der Waals surface area contributed by atoms with Crippen LogP contribution in [0.25, 0.3) is 10.9 Å². The van der Waals surface area contributed by atoms with E-state index in [2.05, 4.69) is 63.5 Å². The van der Waals surface area contributed by atoms with Gasteiger partial charge in [0, 0.05) is 60.4 Å². The molecule has 0 radical (unpaired) electrons. The number of rotatable bonds is 4. The highest BCUT2D eigenvalue weighted by atomic mass is 16.5. The fourth-order valence-corrected chi connectivity index (χ4v) is 3.55. The summed E-state index contributed by atoms with van der Waals surface area (Å²) in [5.41, 5.74) is 5.34.